The van der Waals surface area contributed by atoms with Gasteiger partial charge in [-0.05, 0) is 37.5 Å². The highest BCUT2D eigenvalue weighted by atomic mass is 32.2. The number of carbonyl (C=O) groups is 1. The molecule has 35 heavy (non-hydrogen) atoms. The number of hydrogen-bond donors (Lipinski definition) is 1. The Kier molecular flexibility index (Phi) is 7.35. The molecule has 5 rings (SSSR count). The number of fused-ring (bicyclic) bond motifs is 1. The van der Waals surface area contributed by atoms with Crippen molar-refractivity contribution in [1.29, 1.82) is 0 Å². The van der Waals surface area contributed by atoms with Crippen LogP contribution in [0.1, 0.15) is 55.5 Å². The maximum absolute atomic E-state index is 13.7. The first-order valence-electron chi connectivity index (χ1n) is 12.5. The molecule has 2 aromatic carbocycles. The average Bonchev–Trinajstić information content (AvgIpc) is 2.87. The van der Waals surface area contributed by atoms with Gasteiger partial charge in [-0.2, -0.15) is 0 Å². The van der Waals surface area contributed by atoms with Crippen LogP contribution in [0.25, 0.3) is 5.69 Å². The van der Waals surface area contributed by atoms with Crippen molar-refractivity contribution in [3.05, 3.63) is 87.8 Å². The van der Waals surface area contributed by atoms with Gasteiger partial charge in [-0.15, -0.1) is 0 Å². The normalized spacial score (nSPS) is 16.4. The predicted octanol–water partition coefficient (Wildman–Crippen LogP) is 4.50. The number of benzene rings is 2. The van der Waals surface area contributed by atoms with E-state index in [0.717, 1.165) is 16.5 Å². The second-order valence-corrected chi connectivity index (χ2v) is 10.6. The number of thioether (sulfide) groups is 1. The Labute approximate surface area is 210 Å². The van der Waals surface area contributed by atoms with Crippen LogP contribution in [0.3, 0.4) is 0 Å². The summed E-state index contributed by atoms with van der Waals surface area (Å²) < 4.78 is 1.75. The lowest BCUT2D eigenvalue weighted by molar-refractivity contribution is -0.132. The van der Waals surface area contributed by atoms with Gasteiger partial charge in [0, 0.05) is 37.2 Å². The fourth-order valence-corrected chi connectivity index (χ4v) is 5.93. The van der Waals surface area contributed by atoms with Gasteiger partial charge in [-0.1, -0.05) is 66.7 Å². The van der Waals surface area contributed by atoms with Crippen molar-refractivity contribution < 1.29 is 4.79 Å². The first kappa shape index (κ1) is 23.8. The third kappa shape index (κ3) is 5.36. The molecular formula is C28H32N4O2S. The molecular weight excluding hydrogens is 456 g/mol. The van der Waals surface area contributed by atoms with Crippen LogP contribution in [0.5, 0.6) is 0 Å². The smallest absolute Gasteiger partial charge is 0.264 e. The number of aromatic nitrogens is 2. The molecule has 3 aromatic rings. The van der Waals surface area contributed by atoms with Gasteiger partial charge in [0.15, 0.2) is 5.16 Å². The second-order valence-electron chi connectivity index (χ2n) is 9.37. The molecule has 2 aliphatic rings. The summed E-state index contributed by atoms with van der Waals surface area (Å²) in [5, 5.41) is 4.75. The third-order valence-electron chi connectivity index (χ3n) is 6.98. The lowest BCUT2D eigenvalue weighted by atomic mass is 10.0. The van der Waals surface area contributed by atoms with E-state index in [2.05, 4.69) is 24.4 Å². The molecule has 1 atom stereocenters. The second kappa shape index (κ2) is 10.8. The Hall–Kier alpha value is -2.90. The monoisotopic (exact) mass is 488 g/mol. The number of nitrogens with zero attached hydrogens (tertiary/aromatic N) is 3. The molecule has 0 bridgehead atoms. The van der Waals surface area contributed by atoms with Crippen LogP contribution in [-0.2, 0) is 17.8 Å². The Morgan fingerprint density at radius 1 is 1.11 bits per heavy atom. The minimum Gasteiger partial charge on any atom is -0.338 e. The summed E-state index contributed by atoms with van der Waals surface area (Å²) in [5.74, 6) is 0.0713. The van der Waals surface area contributed by atoms with Gasteiger partial charge < -0.3 is 10.2 Å². The first-order valence-corrected chi connectivity index (χ1v) is 13.4. The zero-order valence-corrected chi connectivity index (χ0v) is 21.0. The van der Waals surface area contributed by atoms with E-state index in [1.807, 2.05) is 53.4 Å². The zero-order valence-electron chi connectivity index (χ0n) is 20.2. The van der Waals surface area contributed by atoms with E-state index in [9.17, 15) is 9.59 Å². The maximum atomic E-state index is 13.7. The number of amides is 1. The molecule has 1 aromatic heterocycles. The molecule has 182 valence electrons. The fraction of sp³-hybridized carbons (Fsp3) is 0.393. The van der Waals surface area contributed by atoms with Gasteiger partial charge in [0.2, 0.25) is 5.91 Å². The summed E-state index contributed by atoms with van der Waals surface area (Å²) in [7, 11) is 0. The van der Waals surface area contributed by atoms with E-state index in [0.29, 0.717) is 43.3 Å². The van der Waals surface area contributed by atoms with Crippen molar-refractivity contribution in [1.82, 2.24) is 19.8 Å². The summed E-state index contributed by atoms with van der Waals surface area (Å²) in [4.78, 5) is 33.5. The molecule has 0 radical (unpaired) electrons. The standard InChI is InChI=1S/C28H32N4O2S/c1-20(21-9-4-2-5-10-21)29-17-15-26(33)31-18-16-25-24(19-31)27(34)32(22-11-6-3-7-12-22)28(30-25)35-23-13-8-14-23/h2-7,9-12,20,23,29H,8,13-19H2,1H3/t20-/m0/s1. The van der Waals surface area contributed by atoms with Crippen LogP contribution in [0, 0.1) is 0 Å². The predicted molar refractivity (Wildman–Crippen MR) is 140 cm³/mol. The number of nitrogens with one attached hydrogen (secondary N) is 1. The molecule has 0 saturated heterocycles. The maximum Gasteiger partial charge on any atom is 0.264 e. The summed E-state index contributed by atoms with van der Waals surface area (Å²) in [5.41, 5.74) is 3.49. The molecule has 1 fully saturated rings. The highest BCUT2D eigenvalue weighted by molar-refractivity contribution is 7.99. The third-order valence-corrected chi connectivity index (χ3v) is 8.27. The minimum atomic E-state index is -0.0450. The van der Waals surface area contributed by atoms with Crippen LogP contribution in [0.2, 0.25) is 0 Å². The lowest BCUT2D eigenvalue weighted by Crippen LogP contribution is -2.42. The van der Waals surface area contributed by atoms with Gasteiger partial charge in [-0.3, -0.25) is 14.2 Å². The topological polar surface area (TPSA) is 67.2 Å². The molecule has 2 heterocycles. The molecule has 1 saturated carbocycles. The van der Waals surface area contributed by atoms with Crippen molar-refractivity contribution in [2.45, 2.75) is 62.0 Å². The van der Waals surface area contributed by atoms with Crippen molar-refractivity contribution in [2.24, 2.45) is 0 Å². The summed E-state index contributed by atoms with van der Waals surface area (Å²) in [6, 6.07) is 20.1. The van der Waals surface area contributed by atoms with E-state index < -0.39 is 0 Å². The van der Waals surface area contributed by atoms with E-state index in [-0.39, 0.29) is 17.5 Å². The molecule has 0 unspecified atom stereocenters. The zero-order chi connectivity index (χ0) is 24.2. The van der Waals surface area contributed by atoms with Crippen LogP contribution in [0.4, 0.5) is 0 Å². The summed E-state index contributed by atoms with van der Waals surface area (Å²) in [6.07, 6.45) is 4.62. The number of hydrogen-bond acceptors (Lipinski definition) is 5. The SMILES string of the molecule is C[C@H](NCCC(=O)N1CCc2nc(SC3CCC3)n(-c3ccccc3)c(=O)c2C1)c1ccccc1. The summed E-state index contributed by atoms with van der Waals surface area (Å²) in [6.45, 7) is 3.64. The van der Waals surface area contributed by atoms with E-state index in [1.165, 1.54) is 24.8 Å². The lowest BCUT2D eigenvalue weighted by Gasteiger charge is -2.30. The Morgan fingerprint density at radius 2 is 1.83 bits per heavy atom. The van der Waals surface area contributed by atoms with E-state index in [1.54, 1.807) is 16.3 Å². The van der Waals surface area contributed by atoms with Crippen LogP contribution < -0.4 is 10.9 Å². The molecule has 7 heteroatoms. The van der Waals surface area contributed by atoms with Crippen molar-refractivity contribution in [3.63, 3.8) is 0 Å². The van der Waals surface area contributed by atoms with E-state index >= 15 is 0 Å². The van der Waals surface area contributed by atoms with Gasteiger partial charge in [0.1, 0.15) is 0 Å². The average molecular weight is 489 g/mol. The molecule has 1 aliphatic carbocycles. The molecule has 0 spiro atoms. The minimum absolute atomic E-state index is 0.0450. The van der Waals surface area contributed by atoms with Gasteiger partial charge in [0.25, 0.3) is 5.56 Å². The molecule has 1 N–H and O–H groups in total. The largest absolute Gasteiger partial charge is 0.338 e. The highest BCUT2D eigenvalue weighted by Crippen LogP contribution is 2.36. The quantitative estimate of drug-likeness (QED) is 0.473. The Morgan fingerprint density at radius 3 is 2.51 bits per heavy atom. The molecule has 1 amide bonds. The van der Waals surface area contributed by atoms with E-state index in [4.69, 9.17) is 4.98 Å². The van der Waals surface area contributed by atoms with Gasteiger partial charge >= 0.3 is 0 Å². The van der Waals surface area contributed by atoms with Crippen LogP contribution >= 0.6 is 11.8 Å². The van der Waals surface area contributed by atoms with Crippen LogP contribution in [-0.4, -0.2) is 38.7 Å². The molecule has 1 aliphatic heterocycles. The van der Waals surface area contributed by atoms with Crippen molar-refractivity contribution in [3.8, 4) is 5.69 Å². The number of carbonyl (C=O) groups excluding carboxylic acids is 1. The highest BCUT2D eigenvalue weighted by Gasteiger charge is 2.28. The fourth-order valence-electron chi connectivity index (χ4n) is 4.60. The Balaban J connectivity index is 1.30. The number of para-hydroxylation sites is 1. The van der Waals surface area contributed by atoms with Gasteiger partial charge in [0.05, 0.1) is 23.5 Å². The summed E-state index contributed by atoms with van der Waals surface area (Å²) >= 11 is 1.72. The number of rotatable bonds is 8. The van der Waals surface area contributed by atoms with Gasteiger partial charge in [-0.25, -0.2) is 4.98 Å². The molecule has 6 nitrogen and oxygen atoms in total. The first-order chi connectivity index (χ1) is 17.1. The van der Waals surface area contributed by atoms with Crippen molar-refractivity contribution >= 4 is 17.7 Å². The Bertz CT molecular complexity index is 1220. The van der Waals surface area contributed by atoms with Crippen molar-refractivity contribution in [2.75, 3.05) is 13.1 Å². The van der Waals surface area contributed by atoms with Crippen LogP contribution in [0.15, 0.2) is 70.6 Å².